The van der Waals surface area contributed by atoms with Gasteiger partial charge in [-0.2, -0.15) is 0 Å². The van der Waals surface area contributed by atoms with Gasteiger partial charge >= 0.3 is 0 Å². The number of aliphatic hydroxyl groups excluding tert-OH is 1. The van der Waals surface area contributed by atoms with Crippen LogP contribution in [-0.2, 0) is 17.8 Å². The Morgan fingerprint density at radius 1 is 1.16 bits per heavy atom. The summed E-state index contributed by atoms with van der Waals surface area (Å²) >= 11 is 0. The summed E-state index contributed by atoms with van der Waals surface area (Å²) in [7, 11) is 0. The molecule has 2 fully saturated rings. The van der Waals surface area contributed by atoms with Gasteiger partial charge in [0.1, 0.15) is 0 Å². The molecule has 1 N–H and O–H groups in total. The van der Waals surface area contributed by atoms with Gasteiger partial charge in [-0.05, 0) is 42.2 Å². The van der Waals surface area contributed by atoms with E-state index in [4.69, 9.17) is 5.11 Å². The lowest BCUT2D eigenvalue weighted by Gasteiger charge is -2.34. The van der Waals surface area contributed by atoms with Crippen LogP contribution < -0.4 is 0 Å². The Morgan fingerprint density at radius 2 is 1.84 bits per heavy atom. The summed E-state index contributed by atoms with van der Waals surface area (Å²) in [5.41, 5.74) is 1.92. The molecule has 0 unspecified atom stereocenters. The SMILES string of the molecule is CC(C)[C@@H]1CN(C(=O)Cc2ccc(CO)cc2)CCCN1CC1CC1. The molecule has 1 aromatic rings. The van der Waals surface area contributed by atoms with Crippen molar-refractivity contribution < 1.29 is 9.90 Å². The highest BCUT2D eigenvalue weighted by atomic mass is 16.3. The quantitative estimate of drug-likeness (QED) is 0.863. The summed E-state index contributed by atoms with van der Waals surface area (Å²) in [6, 6.07) is 8.20. The predicted molar refractivity (Wildman–Crippen MR) is 100 cm³/mol. The molecule has 2 aliphatic rings. The summed E-state index contributed by atoms with van der Waals surface area (Å²) in [5.74, 6) is 1.69. The first kappa shape index (κ1) is 18.4. The molecule has 1 amide bonds. The number of benzene rings is 1. The summed E-state index contributed by atoms with van der Waals surface area (Å²) in [4.78, 5) is 17.6. The molecule has 1 saturated heterocycles. The van der Waals surface area contributed by atoms with E-state index in [2.05, 4.69) is 23.6 Å². The maximum atomic E-state index is 12.8. The van der Waals surface area contributed by atoms with E-state index in [1.165, 1.54) is 19.4 Å². The van der Waals surface area contributed by atoms with Gasteiger partial charge in [0.2, 0.25) is 5.91 Å². The number of hydrogen-bond acceptors (Lipinski definition) is 3. The average Bonchev–Trinajstić information content (AvgIpc) is 3.43. The third-order valence-corrected chi connectivity index (χ3v) is 5.62. The number of aliphatic hydroxyl groups is 1. The van der Waals surface area contributed by atoms with Crippen molar-refractivity contribution in [2.75, 3.05) is 26.2 Å². The number of carbonyl (C=O) groups is 1. The molecule has 0 radical (unpaired) electrons. The lowest BCUT2D eigenvalue weighted by Crippen LogP contribution is -2.46. The number of rotatable bonds is 6. The molecule has 4 nitrogen and oxygen atoms in total. The average molecular weight is 344 g/mol. The Labute approximate surface area is 151 Å². The van der Waals surface area contributed by atoms with Crippen LogP contribution in [0.5, 0.6) is 0 Å². The van der Waals surface area contributed by atoms with E-state index in [-0.39, 0.29) is 12.5 Å². The number of carbonyl (C=O) groups excluding carboxylic acids is 1. The van der Waals surface area contributed by atoms with Crippen molar-refractivity contribution >= 4 is 5.91 Å². The Balaban J connectivity index is 1.62. The van der Waals surface area contributed by atoms with E-state index in [0.29, 0.717) is 18.4 Å². The van der Waals surface area contributed by atoms with Crippen LogP contribution in [-0.4, -0.2) is 53.0 Å². The zero-order valence-electron chi connectivity index (χ0n) is 15.7. The fraction of sp³-hybridized carbons (Fsp3) is 0.667. The summed E-state index contributed by atoms with van der Waals surface area (Å²) in [6.07, 6.45) is 4.30. The highest BCUT2D eigenvalue weighted by molar-refractivity contribution is 5.78. The smallest absolute Gasteiger partial charge is 0.227 e. The first-order valence-electron chi connectivity index (χ1n) is 9.77. The summed E-state index contributed by atoms with van der Waals surface area (Å²) < 4.78 is 0. The number of amides is 1. The molecular formula is C21H32N2O2. The van der Waals surface area contributed by atoms with Gasteiger partial charge in [0.25, 0.3) is 0 Å². The van der Waals surface area contributed by atoms with Crippen molar-refractivity contribution in [3.63, 3.8) is 0 Å². The van der Waals surface area contributed by atoms with Gasteiger partial charge in [-0.3, -0.25) is 9.69 Å². The van der Waals surface area contributed by atoms with Crippen molar-refractivity contribution in [2.45, 2.75) is 52.2 Å². The van der Waals surface area contributed by atoms with Crippen molar-refractivity contribution in [3.8, 4) is 0 Å². The van der Waals surface area contributed by atoms with E-state index in [1.54, 1.807) is 0 Å². The Kier molecular flexibility index (Phi) is 6.13. The standard InChI is InChI=1S/C21H32N2O2/c1-16(2)20-14-23(11-3-10-22(20)13-18-6-7-18)21(25)12-17-4-8-19(15-24)9-5-17/h4-5,8-9,16,18,20,24H,3,6-7,10-15H2,1-2H3/t20-/m0/s1. The molecule has 1 saturated carbocycles. The van der Waals surface area contributed by atoms with E-state index in [0.717, 1.165) is 43.1 Å². The minimum atomic E-state index is 0.0489. The van der Waals surface area contributed by atoms with Crippen molar-refractivity contribution in [1.29, 1.82) is 0 Å². The van der Waals surface area contributed by atoms with Crippen LogP contribution in [0.15, 0.2) is 24.3 Å². The molecule has 1 atom stereocenters. The molecule has 0 spiro atoms. The third-order valence-electron chi connectivity index (χ3n) is 5.62. The Hall–Kier alpha value is -1.39. The minimum absolute atomic E-state index is 0.0489. The van der Waals surface area contributed by atoms with Crippen LogP contribution in [0, 0.1) is 11.8 Å². The van der Waals surface area contributed by atoms with Crippen LogP contribution >= 0.6 is 0 Å². The number of hydrogen-bond donors (Lipinski definition) is 1. The molecule has 1 aliphatic carbocycles. The molecule has 4 heteroatoms. The highest BCUT2D eigenvalue weighted by Gasteiger charge is 2.33. The third kappa shape index (κ3) is 5.05. The highest BCUT2D eigenvalue weighted by Crippen LogP contribution is 2.31. The zero-order valence-corrected chi connectivity index (χ0v) is 15.7. The predicted octanol–water partition coefficient (Wildman–Crippen LogP) is 2.69. The van der Waals surface area contributed by atoms with Crippen LogP contribution in [0.4, 0.5) is 0 Å². The largest absolute Gasteiger partial charge is 0.392 e. The molecule has 0 aromatic heterocycles. The summed E-state index contributed by atoms with van der Waals surface area (Å²) in [5, 5.41) is 9.14. The van der Waals surface area contributed by atoms with Gasteiger partial charge in [-0.15, -0.1) is 0 Å². The first-order valence-corrected chi connectivity index (χ1v) is 9.77. The zero-order chi connectivity index (χ0) is 17.8. The molecular weight excluding hydrogens is 312 g/mol. The van der Waals surface area contributed by atoms with E-state index in [1.807, 2.05) is 24.3 Å². The second kappa shape index (κ2) is 8.33. The lowest BCUT2D eigenvalue weighted by atomic mass is 10.0. The van der Waals surface area contributed by atoms with Crippen LogP contribution in [0.25, 0.3) is 0 Å². The molecule has 138 valence electrons. The fourth-order valence-corrected chi connectivity index (χ4v) is 3.83. The topological polar surface area (TPSA) is 43.8 Å². The van der Waals surface area contributed by atoms with Gasteiger partial charge in [0.15, 0.2) is 0 Å². The molecule has 1 aliphatic heterocycles. The van der Waals surface area contributed by atoms with Crippen molar-refractivity contribution in [3.05, 3.63) is 35.4 Å². The maximum absolute atomic E-state index is 12.8. The second-order valence-electron chi connectivity index (χ2n) is 8.09. The Bertz CT molecular complexity index is 566. The fourth-order valence-electron chi connectivity index (χ4n) is 3.83. The molecule has 0 bridgehead atoms. The monoisotopic (exact) mass is 344 g/mol. The second-order valence-corrected chi connectivity index (χ2v) is 8.09. The van der Waals surface area contributed by atoms with Gasteiger partial charge < -0.3 is 10.0 Å². The molecule has 3 rings (SSSR count). The van der Waals surface area contributed by atoms with E-state index < -0.39 is 0 Å². The van der Waals surface area contributed by atoms with Crippen LogP contribution in [0.1, 0.15) is 44.2 Å². The number of nitrogens with zero attached hydrogens (tertiary/aromatic N) is 2. The Morgan fingerprint density at radius 3 is 2.44 bits per heavy atom. The van der Waals surface area contributed by atoms with Gasteiger partial charge in [0, 0.05) is 32.2 Å². The molecule has 1 aromatic carbocycles. The van der Waals surface area contributed by atoms with Crippen molar-refractivity contribution in [2.24, 2.45) is 11.8 Å². The van der Waals surface area contributed by atoms with Gasteiger partial charge in [-0.25, -0.2) is 0 Å². The van der Waals surface area contributed by atoms with Crippen molar-refractivity contribution in [1.82, 2.24) is 9.80 Å². The van der Waals surface area contributed by atoms with E-state index >= 15 is 0 Å². The molecule has 25 heavy (non-hydrogen) atoms. The van der Waals surface area contributed by atoms with E-state index in [9.17, 15) is 4.79 Å². The van der Waals surface area contributed by atoms with Gasteiger partial charge in [-0.1, -0.05) is 38.1 Å². The van der Waals surface area contributed by atoms with Crippen LogP contribution in [0.2, 0.25) is 0 Å². The normalized spacial score (nSPS) is 22.2. The molecule has 1 heterocycles. The first-order chi connectivity index (χ1) is 12.1. The van der Waals surface area contributed by atoms with Crippen LogP contribution in [0.3, 0.4) is 0 Å². The maximum Gasteiger partial charge on any atom is 0.227 e. The lowest BCUT2D eigenvalue weighted by molar-refractivity contribution is -0.131. The summed E-state index contributed by atoms with van der Waals surface area (Å²) in [6.45, 7) is 8.68. The minimum Gasteiger partial charge on any atom is -0.392 e. The van der Waals surface area contributed by atoms with Gasteiger partial charge in [0.05, 0.1) is 13.0 Å².